The molecule has 0 N–H and O–H groups in total. The first-order chi connectivity index (χ1) is 12.2. The number of hydrogen-bond acceptors (Lipinski definition) is 0. The van der Waals surface area contributed by atoms with Gasteiger partial charge in [-0.1, -0.05) is 67.9 Å². The minimum absolute atomic E-state index is 0.761. The van der Waals surface area contributed by atoms with Crippen molar-refractivity contribution in [2.45, 2.75) is 64.7 Å². The van der Waals surface area contributed by atoms with E-state index in [4.69, 9.17) is 0 Å². The molecule has 0 heteroatoms. The average molecular weight is 331 g/mol. The summed E-state index contributed by atoms with van der Waals surface area (Å²) in [6.45, 7) is 4.40. The standard InChI is InChI=1S/C25H30/c1-3-4-5-21-12-16-24(17-13-21)25-18-14-23(15-19-25)11-10-22-8-6-20(2)7-9-22/h6-9,14-15,18-19,21,24H,3-5,12-13,16-17H2,1-2H3. The Bertz CT molecular complexity index is 701. The van der Waals surface area contributed by atoms with Crippen molar-refractivity contribution in [2.75, 3.05) is 0 Å². The molecule has 0 amide bonds. The molecule has 0 aliphatic heterocycles. The van der Waals surface area contributed by atoms with Gasteiger partial charge < -0.3 is 0 Å². The zero-order chi connectivity index (χ0) is 17.5. The fraction of sp³-hybridized carbons (Fsp3) is 0.440. The van der Waals surface area contributed by atoms with Gasteiger partial charge >= 0.3 is 0 Å². The second kappa shape index (κ2) is 8.91. The molecule has 0 atom stereocenters. The van der Waals surface area contributed by atoms with Gasteiger partial charge in [0.25, 0.3) is 0 Å². The van der Waals surface area contributed by atoms with Crippen molar-refractivity contribution < 1.29 is 0 Å². The van der Waals surface area contributed by atoms with E-state index in [0.29, 0.717) is 0 Å². The normalized spacial score (nSPS) is 19.9. The summed E-state index contributed by atoms with van der Waals surface area (Å²) in [5, 5.41) is 0. The number of unbranched alkanes of at least 4 members (excludes halogenated alkanes) is 1. The molecule has 1 saturated carbocycles. The van der Waals surface area contributed by atoms with Crippen LogP contribution in [-0.4, -0.2) is 0 Å². The highest BCUT2D eigenvalue weighted by atomic mass is 14.3. The zero-order valence-electron chi connectivity index (χ0n) is 15.7. The monoisotopic (exact) mass is 330 g/mol. The minimum atomic E-state index is 0.761. The summed E-state index contributed by atoms with van der Waals surface area (Å²) in [6, 6.07) is 17.4. The maximum Gasteiger partial charge on any atom is 0.0249 e. The summed E-state index contributed by atoms with van der Waals surface area (Å²) in [5.41, 5.74) is 4.98. The summed E-state index contributed by atoms with van der Waals surface area (Å²) in [5.74, 6) is 8.30. The molecule has 130 valence electrons. The van der Waals surface area contributed by atoms with Gasteiger partial charge in [0.2, 0.25) is 0 Å². The van der Waals surface area contributed by atoms with E-state index >= 15 is 0 Å². The molecule has 0 radical (unpaired) electrons. The van der Waals surface area contributed by atoms with E-state index in [2.05, 4.69) is 74.2 Å². The van der Waals surface area contributed by atoms with E-state index in [0.717, 1.165) is 23.0 Å². The molecule has 2 aromatic carbocycles. The van der Waals surface area contributed by atoms with Gasteiger partial charge in [-0.3, -0.25) is 0 Å². The molecule has 1 aliphatic rings. The zero-order valence-corrected chi connectivity index (χ0v) is 15.7. The number of hydrogen-bond donors (Lipinski definition) is 0. The van der Waals surface area contributed by atoms with Gasteiger partial charge in [-0.15, -0.1) is 0 Å². The van der Waals surface area contributed by atoms with Gasteiger partial charge in [-0.2, -0.15) is 0 Å². The molecule has 1 fully saturated rings. The summed E-state index contributed by atoms with van der Waals surface area (Å²) >= 11 is 0. The van der Waals surface area contributed by atoms with Gasteiger partial charge in [0, 0.05) is 11.1 Å². The lowest BCUT2D eigenvalue weighted by atomic mass is 9.77. The molecule has 0 aromatic heterocycles. The fourth-order valence-electron chi connectivity index (χ4n) is 3.90. The second-order valence-corrected chi connectivity index (χ2v) is 7.60. The minimum Gasteiger partial charge on any atom is -0.0654 e. The lowest BCUT2D eigenvalue weighted by Gasteiger charge is -2.28. The Labute approximate surface area is 153 Å². The Morgan fingerprint density at radius 3 is 1.92 bits per heavy atom. The van der Waals surface area contributed by atoms with Crippen LogP contribution in [-0.2, 0) is 0 Å². The van der Waals surface area contributed by atoms with Crippen molar-refractivity contribution in [3.05, 3.63) is 70.8 Å². The lowest BCUT2D eigenvalue weighted by molar-refractivity contribution is 0.304. The summed E-state index contributed by atoms with van der Waals surface area (Å²) in [4.78, 5) is 0. The van der Waals surface area contributed by atoms with Crippen molar-refractivity contribution in [2.24, 2.45) is 5.92 Å². The molecule has 3 rings (SSSR count). The van der Waals surface area contributed by atoms with Crippen molar-refractivity contribution in [3.8, 4) is 11.8 Å². The fourth-order valence-corrected chi connectivity index (χ4v) is 3.90. The van der Waals surface area contributed by atoms with E-state index in [1.807, 2.05) is 0 Å². The first-order valence-electron chi connectivity index (χ1n) is 9.93. The number of benzene rings is 2. The predicted octanol–water partition coefficient (Wildman–Crippen LogP) is 6.86. The summed E-state index contributed by atoms with van der Waals surface area (Å²) in [6.07, 6.45) is 9.75. The molecular weight excluding hydrogens is 300 g/mol. The van der Waals surface area contributed by atoms with Crippen molar-refractivity contribution in [3.63, 3.8) is 0 Å². The Balaban J connectivity index is 1.57. The van der Waals surface area contributed by atoms with Crippen LogP contribution in [0.25, 0.3) is 0 Å². The molecule has 2 aromatic rings. The molecular formula is C25H30. The van der Waals surface area contributed by atoms with E-state index < -0.39 is 0 Å². The largest absolute Gasteiger partial charge is 0.0654 e. The van der Waals surface area contributed by atoms with Crippen LogP contribution in [0.1, 0.15) is 80.0 Å². The molecule has 0 spiro atoms. The van der Waals surface area contributed by atoms with Gasteiger partial charge in [-0.25, -0.2) is 0 Å². The lowest BCUT2D eigenvalue weighted by Crippen LogP contribution is -2.13. The first kappa shape index (κ1) is 17.8. The Morgan fingerprint density at radius 1 is 0.800 bits per heavy atom. The third-order valence-electron chi connectivity index (χ3n) is 5.60. The maximum absolute atomic E-state index is 3.29. The van der Waals surface area contributed by atoms with Gasteiger partial charge in [0.05, 0.1) is 0 Å². The number of rotatable bonds is 4. The highest BCUT2D eigenvalue weighted by Gasteiger charge is 2.21. The van der Waals surface area contributed by atoms with Crippen LogP contribution < -0.4 is 0 Å². The van der Waals surface area contributed by atoms with E-state index in [1.54, 1.807) is 0 Å². The van der Waals surface area contributed by atoms with Crippen molar-refractivity contribution in [1.29, 1.82) is 0 Å². The SMILES string of the molecule is CCCCC1CCC(c2ccc(C#Cc3ccc(C)cc3)cc2)CC1. The van der Waals surface area contributed by atoms with Gasteiger partial charge in [-0.05, 0) is 74.3 Å². The van der Waals surface area contributed by atoms with Crippen molar-refractivity contribution >= 4 is 0 Å². The van der Waals surface area contributed by atoms with Crippen LogP contribution in [0.15, 0.2) is 48.5 Å². The van der Waals surface area contributed by atoms with Crippen LogP contribution >= 0.6 is 0 Å². The molecule has 0 heterocycles. The van der Waals surface area contributed by atoms with Gasteiger partial charge in [0.1, 0.15) is 0 Å². The van der Waals surface area contributed by atoms with Crippen LogP contribution in [0.3, 0.4) is 0 Å². The topological polar surface area (TPSA) is 0 Å². The third-order valence-corrected chi connectivity index (χ3v) is 5.60. The molecule has 1 aliphatic carbocycles. The predicted molar refractivity (Wildman–Crippen MR) is 108 cm³/mol. The van der Waals surface area contributed by atoms with E-state index in [-0.39, 0.29) is 0 Å². The Morgan fingerprint density at radius 2 is 1.36 bits per heavy atom. The van der Waals surface area contributed by atoms with Crippen LogP contribution in [0, 0.1) is 24.7 Å². The van der Waals surface area contributed by atoms with Crippen LogP contribution in [0.2, 0.25) is 0 Å². The average Bonchev–Trinajstić information content (AvgIpc) is 2.67. The number of aryl methyl sites for hydroxylation is 1. The quantitative estimate of drug-likeness (QED) is 0.537. The Kier molecular flexibility index (Phi) is 6.35. The molecule has 0 saturated heterocycles. The summed E-state index contributed by atoms with van der Waals surface area (Å²) in [7, 11) is 0. The second-order valence-electron chi connectivity index (χ2n) is 7.60. The van der Waals surface area contributed by atoms with Crippen LogP contribution in [0.4, 0.5) is 0 Å². The smallest absolute Gasteiger partial charge is 0.0249 e. The third kappa shape index (κ3) is 5.23. The molecule has 0 bridgehead atoms. The highest BCUT2D eigenvalue weighted by Crippen LogP contribution is 2.37. The van der Waals surface area contributed by atoms with Crippen molar-refractivity contribution in [1.82, 2.24) is 0 Å². The maximum atomic E-state index is 3.29. The molecule has 25 heavy (non-hydrogen) atoms. The van der Waals surface area contributed by atoms with E-state index in [9.17, 15) is 0 Å². The molecule has 0 nitrogen and oxygen atoms in total. The molecule has 0 unspecified atom stereocenters. The van der Waals surface area contributed by atoms with Gasteiger partial charge in [0.15, 0.2) is 0 Å². The highest BCUT2D eigenvalue weighted by molar-refractivity contribution is 5.44. The Hall–Kier alpha value is -2.00. The first-order valence-corrected chi connectivity index (χ1v) is 9.93. The van der Waals surface area contributed by atoms with E-state index in [1.165, 1.54) is 56.1 Å². The summed E-state index contributed by atoms with van der Waals surface area (Å²) < 4.78 is 0. The van der Waals surface area contributed by atoms with Crippen LogP contribution in [0.5, 0.6) is 0 Å².